The fourth-order valence-electron chi connectivity index (χ4n) is 2.67. The van der Waals surface area contributed by atoms with Crippen LogP contribution in [0.2, 0.25) is 0 Å². The van der Waals surface area contributed by atoms with Gasteiger partial charge in [0, 0.05) is 12.6 Å². The average molecular weight is 226 g/mol. The molecule has 2 rings (SSSR count). The van der Waals surface area contributed by atoms with Crippen molar-refractivity contribution in [3.05, 3.63) is 0 Å². The van der Waals surface area contributed by atoms with Crippen LogP contribution >= 0.6 is 0 Å². The van der Waals surface area contributed by atoms with Crippen LogP contribution in [0.5, 0.6) is 0 Å². The van der Waals surface area contributed by atoms with Gasteiger partial charge in [-0.15, -0.1) is 0 Å². The van der Waals surface area contributed by atoms with Crippen LogP contribution < -0.4 is 10.6 Å². The van der Waals surface area contributed by atoms with Crippen LogP contribution in [0.15, 0.2) is 0 Å². The zero-order valence-corrected chi connectivity index (χ0v) is 9.74. The van der Waals surface area contributed by atoms with E-state index < -0.39 is 0 Å². The number of carbonyl (C=O) groups is 1. The Morgan fingerprint density at radius 2 is 1.94 bits per heavy atom. The predicted octanol–water partition coefficient (Wildman–Crippen LogP) is 0.548. The number of piperidine rings is 1. The van der Waals surface area contributed by atoms with Crippen LogP contribution in [-0.2, 0) is 4.79 Å². The molecule has 3 atom stereocenters. The standard InChI is InChI=1S/C12H22N2O2/c15-11-7-3-1-2-5-9(11)14-10-6-4-8-13-12(10)16/h9-11,14-15H,1-8H2,(H,13,16). The molecular formula is C12H22N2O2. The second-order valence-corrected chi connectivity index (χ2v) is 4.96. The van der Waals surface area contributed by atoms with Gasteiger partial charge in [0.25, 0.3) is 0 Å². The van der Waals surface area contributed by atoms with Gasteiger partial charge in [-0.3, -0.25) is 4.79 Å². The molecule has 1 heterocycles. The molecule has 2 aliphatic rings. The van der Waals surface area contributed by atoms with E-state index >= 15 is 0 Å². The Hall–Kier alpha value is -0.610. The number of carbonyl (C=O) groups excluding carboxylic acids is 1. The summed E-state index contributed by atoms with van der Waals surface area (Å²) in [6.07, 6.45) is 6.97. The fourth-order valence-corrected chi connectivity index (χ4v) is 2.67. The molecule has 4 heteroatoms. The van der Waals surface area contributed by atoms with E-state index in [9.17, 15) is 9.90 Å². The van der Waals surface area contributed by atoms with Gasteiger partial charge < -0.3 is 15.7 Å². The van der Waals surface area contributed by atoms with E-state index in [0.29, 0.717) is 0 Å². The number of hydrogen-bond donors (Lipinski definition) is 3. The lowest BCUT2D eigenvalue weighted by Crippen LogP contribution is -2.54. The van der Waals surface area contributed by atoms with Gasteiger partial charge in [-0.2, -0.15) is 0 Å². The summed E-state index contributed by atoms with van der Waals surface area (Å²) in [5.41, 5.74) is 0. The molecule has 1 saturated carbocycles. The summed E-state index contributed by atoms with van der Waals surface area (Å²) in [5, 5.41) is 16.2. The summed E-state index contributed by atoms with van der Waals surface area (Å²) in [6.45, 7) is 0.796. The van der Waals surface area contributed by atoms with Gasteiger partial charge in [0.2, 0.25) is 5.91 Å². The van der Waals surface area contributed by atoms with Gasteiger partial charge >= 0.3 is 0 Å². The van der Waals surface area contributed by atoms with Gasteiger partial charge in [0.1, 0.15) is 0 Å². The maximum Gasteiger partial charge on any atom is 0.237 e. The van der Waals surface area contributed by atoms with E-state index in [-0.39, 0.29) is 24.1 Å². The largest absolute Gasteiger partial charge is 0.392 e. The molecule has 0 aromatic heterocycles. The normalized spacial score (nSPS) is 36.6. The summed E-state index contributed by atoms with van der Waals surface area (Å²) in [7, 11) is 0. The molecule has 0 aromatic carbocycles. The number of nitrogens with one attached hydrogen (secondary N) is 2. The quantitative estimate of drug-likeness (QED) is 0.603. The third-order valence-corrected chi connectivity index (χ3v) is 3.68. The number of hydrogen-bond acceptors (Lipinski definition) is 3. The molecule has 1 aliphatic carbocycles. The summed E-state index contributed by atoms with van der Waals surface area (Å²) >= 11 is 0. The minimum absolute atomic E-state index is 0.0912. The van der Waals surface area contributed by atoms with Gasteiger partial charge in [0.15, 0.2) is 0 Å². The van der Waals surface area contributed by atoms with Gasteiger partial charge in [-0.1, -0.05) is 19.3 Å². The van der Waals surface area contributed by atoms with Crippen molar-refractivity contribution in [2.75, 3.05) is 6.54 Å². The van der Waals surface area contributed by atoms with Crippen LogP contribution in [0.1, 0.15) is 44.9 Å². The van der Waals surface area contributed by atoms with Crippen molar-refractivity contribution in [1.82, 2.24) is 10.6 Å². The number of rotatable bonds is 2. The Kier molecular flexibility index (Phi) is 4.18. The maximum absolute atomic E-state index is 11.6. The van der Waals surface area contributed by atoms with Gasteiger partial charge in [0.05, 0.1) is 12.1 Å². The van der Waals surface area contributed by atoms with E-state index in [1.54, 1.807) is 0 Å². The monoisotopic (exact) mass is 226 g/mol. The molecule has 0 bridgehead atoms. The molecule has 1 amide bonds. The summed E-state index contributed by atoms with van der Waals surface area (Å²) < 4.78 is 0. The second kappa shape index (κ2) is 5.64. The molecule has 2 fully saturated rings. The Bertz CT molecular complexity index is 245. The molecule has 0 spiro atoms. The van der Waals surface area contributed by atoms with E-state index in [4.69, 9.17) is 0 Å². The smallest absolute Gasteiger partial charge is 0.237 e. The Morgan fingerprint density at radius 1 is 1.12 bits per heavy atom. The van der Waals surface area contributed by atoms with Crippen molar-refractivity contribution in [3.8, 4) is 0 Å². The number of aliphatic hydroxyl groups excluding tert-OH is 1. The van der Waals surface area contributed by atoms with Crippen molar-refractivity contribution in [2.24, 2.45) is 0 Å². The summed E-state index contributed by atoms with van der Waals surface area (Å²) in [6, 6.07) is 0.0165. The molecule has 16 heavy (non-hydrogen) atoms. The SMILES string of the molecule is O=C1NCCCC1NC1CCCCCC1O. The molecule has 3 N–H and O–H groups in total. The molecule has 0 radical (unpaired) electrons. The fraction of sp³-hybridized carbons (Fsp3) is 0.917. The first-order valence-corrected chi connectivity index (χ1v) is 6.49. The van der Waals surface area contributed by atoms with Crippen molar-refractivity contribution < 1.29 is 9.90 Å². The zero-order valence-electron chi connectivity index (χ0n) is 9.74. The van der Waals surface area contributed by atoms with Crippen molar-refractivity contribution >= 4 is 5.91 Å². The molecule has 1 saturated heterocycles. The minimum atomic E-state index is -0.280. The minimum Gasteiger partial charge on any atom is -0.392 e. The third kappa shape index (κ3) is 2.95. The highest BCUT2D eigenvalue weighted by molar-refractivity contribution is 5.82. The van der Waals surface area contributed by atoms with Crippen LogP contribution in [-0.4, -0.2) is 35.7 Å². The van der Waals surface area contributed by atoms with Gasteiger partial charge in [-0.05, 0) is 25.7 Å². The van der Waals surface area contributed by atoms with E-state index in [2.05, 4.69) is 10.6 Å². The highest BCUT2D eigenvalue weighted by atomic mass is 16.3. The zero-order chi connectivity index (χ0) is 11.4. The van der Waals surface area contributed by atoms with E-state index in [1.807, 2.05) is 0 Å². The summed E-state index contributed by atoms with van der Waals surface area (Å²) in [4.78, 5) is 11.6. The molecular weight excluding hydrogens is 204 g/mol. The Labute approximate surface area is 96.8 Å². The molecule has 0 aromatic rings. The molecule has 4 nitrogen and oxygen atoms in total. The highest BCUT2D eigenvalue weighted by Gasteiger charge is 2.28. The molecule has 92 valence electrons. The first-order valence-electron chi connectivity index (χ1n) is 6.49. The highest BCUT2D eigenvalue weighted by Crippen LogP contribution is 2.19. The van der Waals surface area contributed by atoms with Crippen molar-refractivity contribution in [1.29, 1.82) is 0 Å². The van der Waals surface area contributed by atoms with Crippen LogP contribution in [0.25, 0.3) is 0 Å². The first-order chi connectivity index (χ1) is 7.77. The van der Waals surface area contributed by atoms with Crippen LogP contribution in [0.4, 0.5) is 0 Å². The third-order valence-electron chi connectivity index (χ3n) is 3.68. The Morgan fingerprint density at radius 3 is 2.75 bits per heavy atom. The first kappa shape index (κ1) is 11.9. The van der Waals surface area contributed by atoms with E-state index in [1.165, 1.54) is 6.42 Å². The summed E-state index contributed by atoms with van der Waals surface area (Å²) in [5.74, 6) is 0.0997. The van der Waals surface area contributed by atoms with Crippen LogP contribution in [0.3, 0.4) is 0 Å². The second-order valence-electron chi connectivity index (χ2n) is 4.96. The number of aliphatic hydroxyl groups is 1. The lowest BCUT2D eigenvalue weighted by molar-refractivity contribution is -0.125. The van der Waals surface area contributed by atoms with Crippen molar-refractivity contribution in [2.45, 2.75) is 63.1 Å². The molecule has 3 unspecified atom stereocenters. The molecule has 1 aliphatic heterocycles. The van der Waals surface area contributed by atoms with Crippen LogP contribution in [0, 0.1) is 0 Å². The maximum atomic E-state index is 11.6. The Balaban J connectivity index is 1.88. The lowest BCUT2D eigenvalue weighted by atomic mass is 10.0. The number of amides is 1. The van der Waals surface area contributed by atoms with Crippen molar-refractivity contribution in [3.63, 3.8) is 0 Å². The van der Waals surface area contributed by atoms with Gasteiger partial charge in [-0.25, -0.2) is 0 Å². The lowest BCUT2D eigenvalue weighted by Gasteiger charge is -2.29. The average Bonchev–Trinajstić information content (AvgIpc) is 2.48. The predicted molar refractivity (Wildman–Crippen MR) is 62.0 cm³/mol. The topological polar surface area (TPSA) is 61.4 Å². The van der Waals surface area contributed by atoms with E-state index in [0.717, 1.165) is 45.1 Å².